The molecule has 0 atom stereocenters. The number of carbonyl (C=O) groups excluding carboxylic acids is 1. The van der Waals surface area contributed by atoms with Gasteiger partial charge in [0, 0.05) is 32.0 Å². The van der Waals surface area contributed by atoms with Crippen molar-refractivity contribution < 1.29 is 17.9 Å². The van der Waals surface area contributed by atoms with Crippen molar-refractivity contribution in [2.75, 3.05) is 23.3 Å². The quantitative estimate of drug-likeness (QED) is 0.845. The predicted octanol–water partition coefficient (Wildman–Crippen LogP) is 1.99. The van der Waals surface area contributed by atoms with Crippen LogP contribution in [0.5, 0.6) is 0 Å². The minimum Gasteiger partial charge on any atom is -0.381 e. The van der Waals surface area contributed by atoms with Gasteiger partial charge in [-0.25, -0.2) is 8.42 Å². The van der Waals surface area contributed by atoms with E-state index in [1.165, 1.54) is 25.3 Å². The highest BCUT2D eigenvalue weighted by molar-refractivity contribution is 7.92. The molecular formula is C16H20N4O4S. The number of sulfonamides is 1. The number of hydrogen-bond donors (Lipinski definition) is 2. The van der Waals surface area contributed by atoms with Crippen LogP contribution in [-0.4, -0.2) is 37.3 Å². The highest BCUT2D eigenvalue weighted by Gasteiger charge is 2.19. The van der Waals surface area contributed by atoms with Gasteiger partial charge in [0.05, 0.1) is 22.8 Å². The second kappa shape index (κ2) is 7.24. The zero-order valence-corrected chi connectivity index (χ0v) is 14.6. The number of rotatable bonds is 5. The van der Waals surface area contributed by atoms with Gasteiger partial charge in [-0.15, -0.1) is 0 Å². The molecule has 0 spiro atoms. The van der Waals surface area contributed by atoms with Crippen LogP contribution in [0.3, 0.4) is 0 Å². The summed E-state index contributed by atoms with van der Waals surface area (Å²) in [6, 6.07) is 6.19. The number of ether oxygens (including phenoxy) is 1. The summed E-state index contributed by atoms with van der Waals surface area (Å²) in [6.07, 6.45) is 4.91. The molecule has 25 heavy (non-hydrogen) atoms. The summed E-state index contributed by atoms with van der Waals surface area (Å²) >= 11 is 0. The SMILES string of the molecule is CC(=O)Nc1ccc(S(=O)(=O)Nc2cnn(C3CCOCC3)c2)cc1. The van der Waals surface area contributed by atoms with Crippen LogP contribution in [0.1, 0.15) is 25.8 Å². The third-order valence-electron chi connectivity index (χ3n) is 3.90. The van der Waals surface area contributed by atoms with Crippen LogP contribution in [-0.2, 0) is 19.6 Å². The van der Waals surface area contributed by atoms with Crippen LogP contribution in [0.15, 0.2) is 41.6 Å². The van der Waals surface area contributed by atoms with Crippen LogP contribution in [0.25, 0.3) is 0 Å². The molecule has 1 aromatic carbocycles. The normalized spacial score (nSPS) is 15.7. The predicted molar refractivity (Wildman–Crippen MR) is 92.9 cm³/mol. The number of carbonyl (C=O) groups is 1. The third-order valence-corrected chi connectivity index (χ3v) is 5.30. The lowest BCUT2D eigenvalue weighted by Crippen LogP contribution is -2.19. The topological polar surface area (TPSA) is 102 Å². The van der Waals surface area contributed by atoms with Gasteiger partial charge < -0.3 is 10.1 Å². The highest BCUT2D eigenvalue weighted by Crippen LogP contribution is 2.23. The van der Waals surface area contributed by atoms with Gasteiger partial charge in [0.1, 0.15) is 0 Å². The van der Waals surface area contributed by atoms with Crippen molar-refractivity contribution in [2.24, 2.45) is 0 Å². The number of anilines is 2. The largest absolute Gasteiger partial charge is 0.381 e. The Hall–Kier alpha value is -2.39. The number of nitrogens with zero attached hydrogens (tertiary/aromatic N) is 2. The molecule has 0 saturated carbocycles. The Balaban J connectivity index is 1.70. The van der Waals surface area contributed by atoms with Gasteiger partial charge in [-0.2, -0.15) is 5.10 Å². The number of nitrogens with one attached hydrogen (secondary N) is 2. The van der Waals surface area contributed by atoms with Gasteiger partial charge in [0.2, 0.25) is 5.91 Å². The van der Waals surface area contributed by atoms with E-state index in [0.29, 0.717) is 24.6 Å². The molecular weight excluding hydrogens is 344 g/mol. The second-order valence-corrected chi connectivity index (χ2v) is 7.55. The molecule has 134 valence electrons. The van der Waals surface area contributed by atoms with Crippen molar-refractivity contribution in [1.29, 1.82) is 0 Å². The van der Waals surface area contributed by atoms with Gasteiger partial charge in [0.25, 0.3) is 10.0 Å². The molecule has 1 amide bonds. The fraction of sp³-hybridized carbons (Fsp3) is 0.375. The van der Waals surface area contributed by atoms with Gasteiger partial charge in [-0.1, -0.05) is 0 Å². The maximum absolute atomic E-state index is 12.5. The van der Waals surface area contributed by atoms with E-state index in [1.807, 2.05) is 0 Å². The molecule has 0 aliphatic carbocycles. The zero-order valence-electron chi connectivity index (χ0n) is 13.8. The molecule has 8 nitrogen and oxygen atoms in total. The summed E-state index contributed by atoms with van der Waals surface area (Å²) in [5.74, 6) is -0.214. The summed E-state index contributed by atoms with van der Waals surface area (Å²) in [7, 11) is -3.72. The molecule has 3 rings (SSSR count). The molecule has 9 heteroatoms. The molecule has 2 aromatic rings. The van der Waals surface area contributed by atoms with E-state index >= 15 is 0 Å². The Kier molecular flexibility index (Phi) is 5.05. The molecule has 1 aromatic heterocycles. The summed E-state index contributed by atoms with van der Waals surface area (Å²) < 4.78 is 34.6. The standard InChI is InChI=1S/C16H20N4O4S/c1-12(21)18-13-2-4-16(5-3-13)25(22,23)19-14-10-17-20(11-14)15-6-8-24-9-7-15/h2-5,10-11,15,19H,6-9H2,1H3,(H,18,21). The fourth-order valence-electron chi connectivity index (χ4n) is 2.67. The van der Waals surface area contributed by atoms with Gasteiger partial charge in [-0.05, 0) is 37.1 Å². The molecule has 2 N–H and O–H groups in total. The first-order chi connectivity index (χ1) is 11.9. The lowest BCUT2D eigenvalue weighted by molar-refractivity contribution is -0.114. The molecule has 0 unspecified atom stereocenters. The fourth-order valence-corrected chi connectivity index (χ4v) is 3.70. The summed E-state index contributed by atoms with van der Waals surface area (Å²) in [6.45, 7) is 2.76. The molecule has 1 saturated heterocycles. The van der Waals surface area contributed by atoms with Crippen molar-refractivity contribution in [3.63, 3.8) is 0 Å². The number of amides is 1. The molecule has 1 fully saturated rings. The Labute approximate surface area is 146 Å². The van der Waals surface area contributed by atoms with Crippen molar-refractivity contribution in [3.05, 3.63) is 36.7 Å². The molecule has 0 bridgehead atoms. The Morgan fingerprint density at radius 3 is 2.52 bits per heavy atom. The average Bonchev–Trinajstić information content (AvgIpc) is 3.03. The van der Waals surface area contributed by atoms with Crippen molar-refractivity contribution in [1.82, 2.24) is 9.78 Å². The lowest BCUT2D eigenvalue weighted by Gasteiger charge is -2.22. The van der Waals surface area contributed by atoms with E-state index in [1.54, 1.807) is 23.0 Å². The maximum Gasteiger partial charge on any atom is 0.261 e. The second-order valence-electron chi connectivity index (χ2n) is 5.86. The first-order valence-corrected chi connectivity index (χ1v) is 9.45. The van der Waals surface area contributed by atoms with E-state index in [-0.39, 0.29) is 16.8 Å². The van der Waals surface area contributed by atoms with Crippen molar-refractivity contribution >= 4 is 27.3 Å². The smallest absolute Gasteiger partial charge is 0.261 e. The highest BCUT2D eigenvalue weighted by atomic mass is 32.2. The average molecular weight is 364 g/mol. The van der Waals surface area contributed by atoms with Gasteiger partial charge >= 0.3 is 0 Å². The van der Waals surface area contributed by atoms with Crippen LogP contribution >= 0.6 is 0 Å². The van der Waals surface area contributed by atoms with Gasteiger partial charge in [-0.3, -0.25) is 14.2 Å². The van der Waals surface area contributed by atoms with E-state index in [0.717, 1.165) is 12.8 Å². The summed E-state index contributed by atoms with van der Waals surface area (Å²) in [5.41, 5.74) is 0.955. The maximum atomic E-state index is 12.5. The monoisotopic (exact) mass is 364 g/mol. The van der Waals surface area contributed by atoms with Crippen molar-refractivity contribution in [2.45, 2.75) is 30.7 Å². The van der Waals surface area contributed by atoms with Crippen LogP contribution in [0, 0.1) is 0 Å². The van der Waals surface area contributed by atoms with Gasteiger partial charge in [0.15, 0.2) is 0 Å². The van der Waals surface area contributed by atoms with Crippen molar-refractivity contribution in [3.8, 4) is 0 Å². The van der Waals surface area contributed by atoms with E-state index in [2.05, 4.69) is 15.1 Å². The van der Waals surface area contributed by atoms with E-state index < -0.39 is 10.0 Å². The van der Waals surface area contributed by atoms with Crippen LogP contribution < -0.4 is 10.0 Å². The number of benzene rings is 1. The molecule has 1 aliphatic rings. The Morgan fingerprint density at radius 2 is 1.88 bits per heavy atom. The Bertz CT molecular complexity index is 839. The lowest BCUT2D eigenvalue weighted by atomic mass is 10.1. The van der Waals surface area contributed by atoms with E-state index in [9.17, 15) is 13.2 Å². The Morgan fingerprint density at radius 1 is 1.20 bits per heavy atom. The number of hydrogen-bond acceptors (Lipinski definition) is 5. The number of aromatic nitrogens is 2. The third kappa shape index (κ3) is 4.37. The van der Waals surface area contributed by atoms with E-state index in [4.69, 9.17) is 4.74 Å². The van der Waals surface area contributed by atoms with Crippen LogP contribution in [0.4, 0.5) is 11.4 Å². The summed E-state index contributed by atoms with van der Waals surface area (Å²) in [4.78, 5) is 11.1. The molecule has 0 radical (unpaired) electrons. The zero-order chi connectivity index (χ0) is 17.9. The minimum absolute atomic E-state index is 0.111. The molecule has 1 aliphatic heterocycles. The summed E-state index contributed by atoms with van der Waals surface area (Å²) in [5, 5.41) is 6.85. The molecule has 2 heterocycles. The minimum atomic E-state index is -3.72. The first kappa shape index (κ1) is 17.4. The first-order valence-electron chi connectivity index (χ1n) is 7.96. The van der Waals surface area contributed by atoms with Crippen LogP contribution in [0.2, 0.25) is 0 Å².